The zero-order valence-electron chi connectivity index (χ0n) is 9.90. The highest BCUT2D eigenvalue weighted by Crippen LogP contribution is 2.25. The standard InChI is InChI=1S/C12H18O4/c1-9(14-2)8-16-12-6-11(15-3)5-4-10(12)7-13/h4-6,9,13H,7-8H2,1-3H3. The van der Waals surface area contributed by atoms with Crippen molar-refractivity contribution in [1.82, 2.24) is 0 Å². The minimum Gasteiger partial charge on any atom is -0.497 e. The van der Waals surface area contributed by atoms with Crippen molar-refractivity contribution in [3.8, 4) is 11.5 Å². The van der Waals surface area contributed by atoms with Gasteiger partial charge in [-0.25, -0.2) is 0 Å². The molecule has 0 aliphatic rings. The fourth-order valence-electron chi connectivity index (χ4n) is 1.20. The smallest absolute Gasteiger partial charge is 0.128 e. The highest BCUT2D eigenvalue weighted by molar-refractivity contribution is 5.40. The number of ether oxygens (including phenoxy) is 3. The second-order valence-corrected chi connectivity index (χ2v) is 3.49. The molecule has 90 valence electrons. The molecule has 1 atom stereocenters. The van der Waals surface area contributed by atoms with Gasteiger partial charge in [-0.1, -0.05) is 0 Å². The van der Waals surface area contributed by atoms with Crippen molar-refractivity contribution in [3.63, 3.8) is 0 Å². The molecule has 0 amide bonds. The Balaban J connectivity index is 2.75. The third kappa shape index (κ3) is 3.40. The van der Waals surface area contributed by atoms with Crippen LogP contribution >= 0.6 is 0 Å². The number of hydrogen-bond donors (Lipinski definition) is 1. The zero-order valence-corrected chi connectivity index (χ0v) is 9.90. The summed E-state index contributed by atoms with van der Waals surface area (Å²) in [4.78, 5) is 0. The van der Waals surface area contributed by atoms with Crippen molar-refractivity contribution in [2.45, 2.75) is 19.6 Å². The lowest BCUT2D eigenvalue weighted by molar-refractivity contribution is 0.0706. The monoisotopic (exact) mass is 226 g/mol. The summed E-state index contributed by atoms with van der Waals surface area (Å²) in [5.74, 6) is 1.34. The minimum atomic E-state index is -0.0549. The number of hydrogen-bond acceptors (Lipinski definition) is 4. The molecule has 1 aromatic rings. The first-order chi connectivity index (χ1) is 7.71. The van der Waals surface area contributed by atoms with Gasteiger partial charge in [0.1, 0.15) is 18.1 Å². The van der Waals surface area contributed by atoms with E-state index in [4.69, 9.17) is 19.3 Å². The third-order valence-electron chi connectivity index (χ3n) is 2.32. The van der Waals surface area contributed by atoms with Crippen molar-refractivity contribution in [1.29, 1.82) is 0 Å². The van der Waals surface area contributed by atoms with Crippen molar-refractivity contribution >= 4 is 0 Å². The van der Waals surface area contributed by atoms with Crippen LogP contribution in [-0.2, 0) is 11.3 Å². The number of aliphatic hydroxyl groups is 1. The summed E-state index contributed by atoms with van der Waals surface area (Å²) in [5.41, 5.74) is 0.740. The lowest BCUT2D eigenvalue weighted by Crippen LogP contribution is -2.16. The minimum absolute atomic E-state index is 0.0118. The van der Waals surface area contributed by atoms with Crippen molar-refractivity contribution in [3.05, 3.63) is 23.8 Å². The SMILES string of the molecule is COc1ccc(CO)c(OCC(C)OC)c1. The highest BCUT2D eigenvalue weighted by Gasteiger charge is 2.07. The van der Waals surface area contributed by atoms with Gasteiger partial charge in [0.2, 0.25) is 0 Å². The Hall–Kier alpha value is -1.26. The summed E-state index contributed by atoms with van der Waals surface area (Å²) in [7, 11) is 3.22. The molecule has 0 radical (unpaired) electrons. The van der Waals surface area contributed by atoms with Gasteiger partial charge in [-0.2, -0.15) is 0 Å². The van der Waals surface area contributed by atoms with Crippen molar-refractivity contribution < 1.29 is 19.3 Å². The van der Waals surface area contributed by atoms with E-state index in [1.54, 1.807) is 32.4 Å². The van der Waals surface area contributed by atoms with Crippen LogP contribution in [-0.4, -0.2) is 32.0 Å². The molecule has 4 heteroatoms. The van der Waals surface area contributed by atoms with Crippen LogP contribution in [0.25, 0.3) is 0 Å². The van der Waals surface area contributed by atoms with E-state index in [2.05, 4.69) is 0 Å². The fraction of sp³-hybridized carbons (Fsp3) is 0.500. The van der Waals surface area contributed by atoms with E-state index in [1.165, 1.54) is 0 Å². The Kier molecular flexibility index (Phi) is 5.08. The van der Waals surface area contributed by atoms with E-state index < -0.39 is 0 Å². The van der Waals surface area contributed by atoms with Crippen LogP contribution in [0.5, 0.6) is 11.5 Å². The molecule has 1 aromatic carbocycles. The van der Waals surface area contributed by atoms with Crippen LogP contribution in [0.1, 0.15) is 12.5 Å². The molecule has 0 spiro atoms. The first-order valence-corrected chi connectivity index (χ1v) is 5.14. The van der Waals surface area contributed by atoms with Gasteiger partial charge in [0.15, 0.2) is 0 Å². The summed E-state index contributed by atoms with van der Waals surface area (Å²) >= 11 is 0. The summed E-state index contributed by atoms with van der Waals surface area (Å²) in [6.07, 6.45) is 0.0118. The predicted octanol–water partition coefficient (Wildman–Crippen LogP) is 1.60. The molecule has 1 N–H and O–H groups in total. The normalized spacial score (nSPS) is 12.2. The van der Waals surface area contributed by atoms with Crippen LogP contribution in [0.4, 0.5) is 0 Å². The maximum atomic E-state index is 9.15. The van der Waals surface area contributed by atoms with E-state index in [-0.39, 0.29) is 12.7 Å². The van der Waals surface area contributed by atoms with Gasteiger partial charge in [-0.3, -0.25) is 0 Å². The molecular formula is C12H18O4. The van der Waals surface area contributed by atoms with Crippen LogP contribution in [0, 0.1) is 0 Å². The molecular weight excluding hydrogens is 208 g/mol. The largest absolute Gasteiger partial charge is 0.497 e. The molecule has 16 heavy (non-hydrogen) atoms. The van der Waals surface area contributed by atoms with Gasteiger partial charge < -0.3 is 19.3 Å². The average molecular weight is 226 g/mol. The van der Waals surface area contributed by atoms with Gasteiger partial charge in [0.25, 0.3) is 0 Å². The molecule has 0 fully saturated rings. The third-order valence-corrected chi connectivity index (χ3v) is 2.32. The van der Waals surface area contributed by atoms with Gasteiger partial charge >= 0.3 is 0 Å². The first-order valence-electron chi connectivity index (χ1n) is 5.14. The molecule has 0 aromatic heterocycles. The fourth-order valence-corrected chi connectivity index (χ4v) is 1.20. The van der Waals surface area contributed by atoms with Crippen LogP contribution < -0.4 is 9.47 Å². The summed E-state index contributed by atoms with van der Waals surface area (Å²) in [6.45, 7) is 2.30. The topological polar surface area (TPSA) is 47.9 Å². The Morgan fingerprint density at radius 2 is 2.06 bits per heavy atom. The molecule has 1 rings (SSSR count). The quantitative estimate of drug-likeness (QED) is 0.800. The van der Waals surface area contributed by atoms with Crippen LogP contribution in [0.3, 0.4) is 0 Å². The second-order valence-electron chi connectivity index (χ2n) is 3.49. The van der Waals surface area contributed by atoms with Gasteiger partial charge in [-0.05, 0) is 19.1 Å². The Bertz CT molecular complexity index is 325. The molecule has 0 heterocycles. The number of rotatable bonds is 6. The van der Waals surface area contributed by atoms with Crippen LogP contribution in [0.15, 0.2) is 18.2 Å². The maximum Gasteiger partial charge on any atom is 0.128 e. The molecule has 0 aliphatic heterocycles. The predicted molar refractivity (Wildman–Crippen MR) is 60.9 cm³/mol. The molecule has 1 unspecified atom stereocenters. The molecule has 0 saturated heterocycles. The zero-order chi connectivity index (χ0) is 12.0. The molecule has 0 bridgehead atoms. The number of methoxy groups -OCH3 is 2. The Labute approximate surface area is 95.8 Å². The lowest BCUT2D eigenvalue weighted by atomic mass is 10.2. The highest BCUT2D eigenvalue weighted by atomic mass is 16.5. The molecule has 0 aliphatic carbocycles. The van der Waals surface area contributed by atoms with E-state index in [0.29, 0.717) is 18.1 Å². The van der Waals surface area contributed by atoms with Gasteiger partial charge in [-0.15, -0.1) is 0 Å². The molecule has 4 nitrogen and oxygen atoms in total. The van der Waals surface area contributed by atoms with Gasteiger partial charge in [0, 0.05) is 18.7 Å². The van der Waals surface area contributed by atoms with Crippen molar-refractivity contribution in [2.75, 3.05) is 20.8 Å². The Morgan fingerprint density at radius 3 is 2.62 bits per heavy atom. The van der Waals surface area contributed by atoms with Crippen molar-refractivity contribution in [2.24, 2.45) is 0 Å². The number of aliphatic hydroxyl groups excluding tert-OH is 1. The Morgan fingerprint density at radius 1 is 1.31 bits per heavy atom. The molecule has 0 saturated carbocycles. The van der Waals surface area contributed by atoms with Crippen LogP contribution in [0.2, 0.25) is 0 Å². The lowest BCUT2D eigenvalue weighted by Gasteiger charge is -2.14. The second kappa shape index (κ2) is 6.35. The van der Waals surface area contributed by atoms with E-state index >= 15 is 0 Å². The van der Waals surface area contributed by atoms with E-state index in [1.807, 2.05) is 6.92 Å². The summed E-state index contributed by atoms with van der Waals surface area (Å²) in [6, 6.07) is 5.33. The summed E-state index contributed by atoms with van der Waals surface area (Å²) in [5, 5.41) is 9.15. The number of benzene rings is 1. The first kappa shape index (κ1) is 12.8. The average Bonchev–Trinajstić information content (AvgIpc) is 2.35. The van der Waals surface area contributed by atoms with E-state index in [9.17, 15) is 0 Å². The maximum absolute atomic E-state index is 9.15. The van der Waals surface area contributed by atoms with Gasteiger partial charge in [0.05, 0.1) is 19.8 Å². The summed E-state index contributed by atoms with van der Waals surface area (Å²) < 4.78 is 15.7. The van der Waals surface area contributed by atoms with E-state index in [0.717, 1.165) is 5.56 Å².